The zero-order valence-corrected chi connectivity index (χ0v) is 21.8. The summed E-state index contributed by atoms with van der Waals surface area (Å²) in [4.78, 5) is 32.4. The maximum atomic E-state index is 12.7. The quantitative estimate of drug-likeness (QED) is 0.138. The monoisotopic (exact) mass is 518 g/mol. The highest BCUT2D eigenvalue weighted by molar-refractivity contribution is 8.00. The van der Waals surface area contributed by atoms with E-state index in [0.717, 1.165) is 15.5 Å². The molecule has 0 aliphatic heterocycles. The summed E-state index contributed by atoms with van der Waals surface area (Å²) in [6, 6.07) is 7.25. The Labute approximate surface area is 212 Å². The van der Waals surface area contributed by atoms with E-state index < -0.39 is 5.91 Å². The molecule has 3 N–H and O–H groups in total. The summed E-state index contributed by atoms with van der Waals surface area (Å²) in [6.45, 7) is 8.42. The molecule has 0 radical (unpaired) electrons. The molecule has 1 unspecified atom stereocenters. The van der Waals surface area contributed by atoms with E-state index in [1.165, 1.54) is 11.3 Å². The number of carbonyl (C=O) groups is 2. The minimum Gasteiger partial charge on any atom is -0.494 e. The van der Waals surface area contributed by atoms with E-state index in [2.05, 4.69) is 36.1 Å². The van der Waals surface area contributed by atoms with Crippen LogP contribution in [0, 0.1) is 0 Å². The van der Waals surface area contributed by atoms with Gasteiger partial charge in [-0.1, -0.05) is 44.2 Å². The van der Waals surface area contributed by atoms with Crippen molar-refractivity contribution in [3.8, 4) is 5.75 Å². The molecule has 3 rings (SSSR count). The lowest BCUT2D eigenvalue weighted by Gasteiger charge is -2.13. The number of benzene rings is 1. The van der Waals surface area contributed by atoms with E-state index in [-0.39, 0.29) is 23.7 Å². The van der Waals surface area contributed by atoms with Crippen LogP contribution in [0.5, 0.6) is 5.75 Å². The number of hydrogen-bond donors (Lipinski definition) is 3. The fourth-order valence-electron chi connectivity index (χ4n) is 2.94. The van der Waals surface area contributed by atoms with E-state index in [1.54, 1.807) is 41.8 Å². The van der Waals surface area contributed by atoms with Gasteiger partial charge in [-0.15, -0.1) is 11.8 Å². The highest BCUT2D eigenvalue weighted by atomic mass is 32.2. The number of thiazole rings is 1. The molecule has 0 aliphatic rings. The molecule has 0 spiro atoms. The standard InChI is InChI=1S/C24H30N4O5S2/c1-15(16-7-9-17(10-8-16)32-11-5-6-19(29)28-31)22(30)27-23-26-13-21(35-23)34-14-20-25-12-18(33-20)24(2,3)4/h7-10,12-13,15,31H,5-6,11,14H2,1-4H3,(H,28,29)(H,26,27,30). The summed E-state index contributed by atoms with van der Waals surface area (Å²) in [5.41, 5.74) is 2.35. The molecule has 0 saturated heterocycles. The summed E-state index contributed by atoms with van der Waals surface area (Å²) in [5, 5.41) is 11.9. The van der Waals surface area contributed by atoms with Crippen LogP contribution in [-0.2, 0) is 20.8 Å². The third-order valence-corrected chi connectivity index (χ3v) is 7.15. The van der Waals surface area contributed by atoms with Gasteiger partial charge in [0.05, 0.1) is 34.9 Å². The molecular weight excluding hydrogens is 488 g/mol. The Morgan fingerprint density at radius 2 is 1.94 bits per heavy atom. The van der Waals surface area contributed by atoms with Crippen LogP contribution in [-0.4, -0.2) is 33.6 Å². The van der Waals surface area contributed by atoms with Crippen molar-refractivity contribution in [1.82, 2.24) is 15.4 Å². The zero-order valence-electron chi connectivity index (χ0n) is 20.2. The number of aromatic nitrogens is 2. The molecule has 0 saturated carbocycles. The largest absolute Gasteiger partial charge is 0.494 e. The fraction of sp³-hybridized carbons (Fsp3) is 0.417. The lowest BCUT2D eigenvalue weighted by atomic mass is 9.94. The topological polar surface area (TPSA) is 127 Å². The average molecular weight is 519 g/mol. The first-order valence-electron chi connectivity index (χ1n) is 11.2. The summed E-state index contributed by atoms with van der Waals surface area (Å²) >= 11 is 2.97. The number of rotatable bonds is 11. The molecule has 0 fully saturated rings. The van der Waals surface area contributed by atoms with Crippen LogP contribution < -0.4 is 15.5 Å². The van der Waals surface area contributed by atoms with Crippen molar-refractivity contribution in [2.75, 3.05) is 11.9 Å². The van der Waals surface area contributed by atoms with Crippen LogP contribution in [0.25, 0.3) is 0 Å². The number of hydroxylamine groups is 1. The Morgan fingerprint density at radius 1 is 1.20 bits per heavy atom. The molecule has 9 nitrogen and oxygen atoms in total. The molecule has 3 aromatic rings. The predicted molar refractivity (Wildman–Crippen MR) is 135 cm³/mol. The third kappa shape index (κ3) is 8.08. The lowest BCUT2D eigenvalue weighted by Crippen LogP contribution is -2.19. The maximum Gasteiger partial charge on any atom is 0.243 e. The van der Waals surface area contributed by atoms with Crippen LogP contribution in [0.1, 0.15) is 63.7 Å². The summed E-state index contributed by atoms with van der Waals surface area (Å²) < 4.78 is 12.4. The molecular formula is C24H30N4O5S2. The Morgan fingerprint density at radius 3 is 2.60 bits per heavy atom. The number of amides is 2. The molecule has 1 aromatic carbocycles. The number of hydrogen-bond acceptors (Lipinski definition) is 9. The summed E-state index contributed by atoms with van der Waals surface area (Å²) in [7, 11) is 0. The van der Waals surface area contributed by atoms with Gasteiger partial charge in [0, 0.05) is 11.8 Å². The number of anilines is 1. The first kappa shape index (κ1) is 26.7. The van der Waals surface area contributed by atoms with E-state index in [1.807, 2.05) is 19.1 Å². The SMILES string of the molecule is CC(C(=O)Nc1ncc(SCc2ncc(C(C)(C)C)o2)s1)c1ccc(OCCCC(=O)NO)cc1. The second-order valence-electron chi connectivity index (χ2n) is 8.91. The Kier molecular flexibility index (Phi) is 9.30. The van der Waals surface area contributed by atoms with Gasteiger partial charge in [0.25, 0.3) is 0 Å². The number of ether oxygens (including phenoxy) is 1. The van der Waals surface area contributed by atoms with Gasteiger partial charge in [-0.05, 0) is 31.0 Å². The van der Waals surface area contributed by atoms with Gasteiger partial charge in [0.15, 0.2) is 5.13 Å². The number of oxazole rings is 1. The summed E-state index contributed by atoms with van der Waals surface area (Å²) in [5.74, 6) is 1.78. The minimum atomic E-state index is -0.445. The maximum absolute atomic E-state index is 12.7. The van der Waals surface area contributed by atoms with Gasteiger partial charge in [-0.2, -0.15) is 0 Å². The van der Waals surface area contributed by atoms with Crippen molar-refractivity contribution in [3.05, 3.63) is 53.9 Å². The molecule has 35 heavy (non-hydrogen) atoms. The normalized spacial score (nSPS) is 12.3. The van der Waals surface area contributed by atoms with Crippen molar-refractivity contribution in [2.24, 2.45) is 0 Å². The molecule has 188 valence electrons. The molecule has 1 atom stereocenters. The first-order chi connectivity index (χ1) is 16.7. The van der Waals surface area contributed by atoms with Gasteiger partial charge in [0.1, 0.15) is 11.5 Å². The Bertz CT molecular complexity index is 1120. The fourth-order valence-corrected chi connectivity index (χ4v) is 4.67. The second kappa shape index (κ2) is 12.2. The molecule has 11 heteroatoms. The van der Waals surface area contributed by atoms with Gasteiger partial charge in [0.2, 0.25) is 17.7 Å². The Balaban J connectivity index is 1.46. The van der Waals surface area contributed by atoms with Gasteiger partial charge in [-0.25, -0.2) is 15.4 Å². The van der Waals surface area contributed by atoms with Crippen LogP contribution in [0.15, 0.2) is 45.3 Å². The van der Waals surface area contributed by atoms with Crippen LogP contribution in [0.4, 0.5) is 5.13 Å². The molecule has 0 bridgehead atoms. The van der Waals surface area contributed by atoms with Crippen molar-refractivity contribution in [1.29, 1.82) is 0 Å². The number of nitrogens with zero attached hydrogens (tertiary/aromatic N) is 2. The van der Waals surface area contributed by atoms with Gasteiger partial charge >= 0.3 is 0 Å². The predicted octanol–water partition coefficient (Wildman–Crippen LogP) is 5.13. The summed E-state index contributed by atoms with van der Waals surface area (Å²) in [6.07, 6.45) is 4.17. The van der Waals surface area contributed by atoms with E-state index in [0.29, 0.717) is 35.6 Å². The highest BCUT2D eigenvalue weighted by Gasteiger charge is 2.20. The second-order valence-corrected chi connectivity index (χ2v) is 11.2. The van der Waals surface area contributed by atoms with Crippen molar-refractivity contribution < 1.29 is 24.0 Å². The van der Waals surface area contributed by atoms with Crippen molar-refractivity contribution >= 4 is 40.0 Å². The Hall–Kier alpha value is -2.89. The van der Waals surface area contributed by atoms with E-state index in [9.17, 15) is 9.59 Å². The number of carbonyl (C=O) groups excluding carboxylic acids is 2. The van der Waals surface area contributed by atoms with Crippen LogP contribution >= 0.6 is 23.1 Å². The molecule has 2 amide bonds. The lowest BCUT2D eigenvalue weighted by molar-refractivity contribution is -0.129. The number of thioether (sulfide) groups is 1. The third-order valence-electron chi connectivity index (χ3n) is 5.06. The molecule has 0 aliphatic carbocycles. The minimum absolute atomic E-state index is 0.0813. The van der Waals surface area contributed by atoms with Gasteiger partial charge in [-0.3, -0.25) is 14.8 Å². The van der Waals surface area contributed by atoms with E-state index in [4.69, 9.17) is 14.4 Å². The first-order valence-corrected chi connectivity index (χ1v) is 13.0. The molecule has 2 heterocycles. The van der Waals surface area contributed by atoms with Crippen LogP contribution in [0.2, 0.25) is 0 Å². The smallest absolute Gasteiger partial charge is 0.243 e. The van der Waals surface area contributed by atoms with Crippen molar-refractivity contribution in [3.63, 3.8) is 0 Å². The van der Waals surface area contributed by atoms with Gasteiger partial charge < -0.3 is 14.5 Å². The average Bonchev–Trinajstić information content (AvgIpc) is 3.49. The zero-order chi connectivity index (χ0) is 25.4. The molecule has 2 aromatic heterocycles. The van der Waals surface area contributed by atoms with Crippen LogP contribution in [0.3, 0.4) is 0 Å². The van der Waals surface area contributed by atoms with Crippen molar-refractivity contribution in [2.45, 2.75) is 61.8 Å². The highest BCUT2D eigenvalue weighted by Crippen LogP contribution is 2.32. The van der Waals surface area contributed by atoms with E-state index >= 15 is 0 Å². The number of nitrogens with one attached hydrogen (secondary N) is 2.